The smallest absolute Gasteiger partial charge is 0.312 e. The summed E-state index contributed by atoms with van der Waals surface area (Å²) in [4.78, 5) is 10.3. The molecule has 0 saturated carbocycles. The molecule has 0 radical (unpaired) electrons. The van der Waals surface area contributed by atoms with Crippen molar-refractivity contribution in [3.8, 4) is 5.75 Å². The van der Waals surface area contributed by atoms with Gasteiger partial charge >= 0.3 is 5.69 Å². The highest BCUT2D eigenvalue weighted by molar-refractivity contribution is 6.32. The molecule has 1 aromatic rings. The summed E-state index contributed by atoms with van der Waals surface area (Å²) < 4.78 is 5.39. The molecule has 0 amide bonds. The summed E-state index contributed by atoms with van der Waals surface area (Å²) in [5.41, 5.74) is 4.76. The van der Waals surface area contributed by atoms with Crippen molar-refractivity contribution in [1.29, 1.82) is 0 Å². The lowest BCUT2D eigenvalue weighted by molar-refractivity contribution is -0.385. The van der Waals surface area contributed by atoms with Crippen molar-refractivity contribution in [2.45, 2.75) is 20.3 Å². The number of amidine groups is 1. The van der Waals surface area contributed by atoms with Gasteiger partial charge < -0.3 is 15.7 Å². The minimum Gasteiger partial charge on any atom is -0.486 e. The van der Waals surface area contributed by atoms with Gasteiger partial charge in [0.1, 0.15) is 5.84 Å². The first kappa shape index (κ1) is 16.0. The molecule has 0 atom stereocenters. The SMILES string of the molecule is CC(C)(CCOc1c(Cl)cccc1[N+](=O)[O-])/C(N)=N/O. The first-order chi connectivity index (χ1) is 9.29. The Morgan fingerprint density at radius 3 is 2.80 bits per heavy atom. The van der Waals surface area contributed by atoms with Gasteiger partial charge in [-0.25, -0.2) is 0 Å². The van der Waals surface area contributed by atoms with Crippen LogP contribution in [0.4, 0.5) is 5.69 Å². The Balaban J connectivity index is 2.79. The van der Waals surface area contributed by atoms with E-state index in [1.165, 1.54) is 18.2 Å². The molecule has 0 bridgehead atoms. The van der Waals surface area contributed by atoms with E-state index in [4.69, 9.17) is 27.3 Å². The van der Waals surface area contributed by atoms with Crippen molar-refractivity contribution < 1.29 is 14.9 Å². The van der Waals surface area contributed by atoms with Crippen LogP contribution in [0.25, 0.3) is 0 Å². The van der Waals surface area contributed by atoms with E-state index in [1.54, 1.807) is 13.8 Å². The highest BCUT2D eigenvalue weighted by Gasteiger charge is 2.25. The van der Waals surface area contributed by atoms with Gasteiger partial charge in [0.25, 0.3) is 0 Å². The predicted molar refractivity (Wildman–Crippen MR) is 75.4 cm³/mol. The Bertz CT molecular complexity index is 531. The number of nitro groups is 1. The molecule has 0 aliphatic heterocycles. The van der Waals surface area contributed by atoms with Gasteiger partial charge in [0, 0.05) is 11.5 Å². The zero-order chi connectivity index (χ0) is 15.3. The third kappa shape index (κ3) is 3.74. The zero-order valence-electron chi connectivity index (χ0n) is 11.2. The number of hydrogen-bond acceptors (Lipinski definition) is 5. The summed E-state index contributed by atoms with van der Waals surface area (Å²) in [6.45, 7) is 3.69. The van der Waals surface area contributed by atoms with Gasteiger partial charge in [-0.1, -0.05) is 36.7 Å². The fourth-order valence-corrected chi connectivity index (χ4v) is 1.68. The topological polar surface area (TPSA) is 111 Å². The summed E-state index contributed by atoms with van der Waals surface area (Å²) in [6.07, 6.45) is 0.408. The van der Waals surface area contributed by atoms with E-state index in [1.807, 2.05) is 0 Å². The lowest BCUT2D eigenvalue weighted by Gasteiger charge is -2.22. The number of benzene rings is 1. The van der Waals surface area contributed by atoms with Crippen LogP contribution in [0.15, 0.2) is 23.4 Å². The van der Waals surface area contributed by atoms with Crippen molar-refractivity contribution in [2.75, 3.05) is 6.61 Å². The molecule has 0 aromatic heterocycles. The number of nitrogens with zero attached hydrogens (tertiary/aromatic N) is 2. The second-order valence-corrected chi connectivity index (χ2v) is 5.22. The average molecular weight is 302 g/mol. The lowest BCUT2D eigenvalue weighted by atomic mass is 9.88. The Hall–Kier alpha value is -2.02. The fraction of sp³-hybridized carbons (Fsp3) is 0.417. The number of nitrogens with two attached hydrogens (primary N) is 1. The molecule has 1 rings (SSSR count). The molecule has 0 unspecified atom stereocenters. The second-order valence-electron chi connectivity index (χ2n) is 4.81. The molecule has 0 fully saturated rings. The minimum absolute atomic E-state index is 0.0227. The molecule has 0 saturated heterocycles. The van der Waals surface area contributed by atoms with E-state index in [0.29, 0.717) is 6.42 Å². The monoisotopic (exact) mass is 301 g/mol. The summed E-state index contributed by atoms with van der Waals surface area (Å²) in [5.74, 6) is 0.0873. The third-order valence-corrected chi connectivity index (χ3v) is 3.22. The maximum atomic E-state index is 10.9. The molecule has 0 spiro atoms. The van der Waals surface area contributed by atoms with Gasteiger partial charge in [-0.05, 0) is 12.5 Å². The molecule has 8 heteroatoms. The van der Waals surface area contributed by atoms with Crippen LogP contribution in [0.5, 0.6) is 5.75 Å². The van der Waals surface area contributed by atoms with Crippen molar-refractivity contribution in [3.63, 3.8) is 0 Å². The lowest BCUT2D eigenvalue weighted by Crippen LogP contribution is -2.33. The van der Waals surface area contributed by atoms with Crippen LogP contribution in [0.1, 0.15) is 20.3 Å². The van der Waals surface area contributed by atoms with Crippen LogP contribution in [0.2, 0.25) is 5.02 Å². The van der Waals surface area contributed by atoms with Gasteiger partial charge in [-0.2, -0.15) is 0 Å². The van der Waals surface area contributed by atoms with Gasteiger partial charge in [0.05, 0.1) is 16.6 Å². The summed E-state index contributed by atoms with van der Waals surface area (Å²) in [5, 5.41) is 22.7. The zero-order valence-corrected chi connectivity index (χ0v) is 11.9. The van der Waals surface area contributed by atoms with Gasteiger partial charge in [-0.3, -0.25) is 10.1 Å². The minimum atomic E-state index is -0.592. The van der Waals surface area contributed by atoms with Crippen LogP contribution in [-0.4, -0.2) is 22.6 Å². The largest absolute Gasteiger partial charge is 0.486 e. The molecule has 3 N–H and O–H groups in total. The molecular formula is C12H16ClN3O4. The molecule has 7 nitrogen and oxygen atoms in total. The van der Waals surface area contributed by atoms with E-state index in [0.717, 1.165) is 0 Å². The number of oxime groups is 1. The number of nitro benzene ring substituents is 1. The van der Waals surface area contributed by atoms with Crippen LogP contribution in [0.3, 0.4) is 0 Å². The average Bonchev–Trinajstić information content (AvgIpc) is 2.39. The van der Waals surface area contributed by atoms with E-state index in [-0.39, 0.29) is 28.9 Å². The molecule has 110 valence electrons. The normalized spacial score (nSPS) is 12.2. The van der Waals surface area contributed by atoms with Crippen molar-refractivity contribution in [2.24, 2.45) is 16.3 Å². The van der Waals surface area contributed by atoms with Crippen LogP contribution >= 0.6 is 11.6 Å². The molecular weight excluding hydrogens is 286 g/mol. The molecule has 1 aromatic carbocycles. The number of halogens is 1. The quantitative estimate of drug-likeness (QED) is 0.276. The Morgan fingerprint density at radius 1 is 1.60 bits per heavy atom. The molecule has 0 aliphatic rings. The van der Waals surface area contributed by atoms with Gasteiger partial charge in [0.2, 0.25) is 5.75 Å². The second kappa shape index (κ2) is 6.42. The highest BCUT2D eigenvalue weighted by Crippen LogP contribution is 2.35. The summed E-state index contributed by atoms with van der Waals surface area (Å²) >= 11 is 5.90. The maximum absolute atomic E-state index is 10.9. The highest BCUT2D eigenvalue weighted by atomic mass is 35.5. The Kier molecular flexibility index (Phi) is 5.15. The number of hydrogen-bond donors (Lipinski definition) is 2. The summed E-state index contributed by atoms with van der Waals surface area (Å²) in [7, 11) is 0. The van der Waals surface area contributed by atoms with E-state index < -0.39 is 10.3 Å². The standard InChI is InChI=1S/C12H16ClN3O4/c1-12(2,11(14)15-17)6-7-20-10-8(13)4-3-5-9(10)16(18)19/h3-5,17H,6-7H2,1-2H3,(H2,14,15). The van der Waals surface area contributed by atoms with Gasteiger partial charge in [-0.15, -0.1) is 0 Å². The van der Waals surface area contributed by atoms with E-state index >= 15 is 0 Å². The Morgan fingerprint density at radius 2 is 2.25 bits per heavy atom. The molecule has 0 heterocycles. The van der Waals surface area contributed by atoms with Crippen LogP contribution in [-0.2, 0) is 0 Å². The molecule has 0 aliphatic carbocycles. The van der Waals surface area contributed by atoms with Crippen molar-refractivity contribution in [1.82, 2.24) is 0 Å². The van der Waals surface area contributed by atoms with E-state index in [2.05, 4.69) is 5.16 Å². The number of para-hydroxylation sites is 1. The van der Waals surface area contributed by atoms with Crippen molar-refractivity contribution >= 4 is 23.1 Å². The summed E-state index contributed by atoms with van der Waals surface area (Å²) in [6, 6.07) is 4.31. The number of rotatable bonds is 6. The molecule has 20 heavy (non-hydrogen) atoms. The van der Waals surface area contributed by atoms with Crippen LogP contribution < -0.4 is 10.5 Å². The fourth-order valence-electron chi connectivity index (χ4n) is 1.46. The predicted octanol–water partition coefficient (Wildman–Crippen LogP) is 2.79. The third-order valence-electron chi connectivity index (χ3n) is 2.92. The van der Waals surface area contributed by atoms with Gasteiger partial charge in [0.15, 0.2) is 0 Å². The first-order valence-corrected chi connectivity index (χ1v) is 6.21. The maximum Gasteiger partial charge on any atom is 0.312 e. The first-order valence-electron chi connectivity index (χ1n) is 5.83. The van der Waals surface area contributed by atoms with Crippen molar-refractivity contribution in [3.05, 3.63) is 33.3 Å². The van der Waals surface area contributed by atoms with E-state index in [9.17, 15) is 10.1 Å². The number of ether oxygens (including phenoxy) is 1. The van der Waals surface area contributed by atoms with Crippen LogP contribution in [0, 0.1) is 15.5 Å². The Labute approximate surface area is 121 Å².